The van der Waals surface area contributed by atoms with Crippen molar-refractivity contribution in [3.8, 4) is 11.6 Å². The van der Waals surface area contributed by atoms with E-state index in [2.05, 4.69) is 10.3 Å². The molecule has 0 saturated carbocycles. The molecule has 2 N–H and O–H groups in total. The number of nitrogens with one attached hydrogen (secondary N) is 1. The van der Waals surface area contributed by atoms with Crippen molar-refractivity contribution in [2.24, 2.45) is 5.92 Å². The molecule has 0 aliphatic carbocycles. The average Bonchev–Trinajstić information content (AvgIpc) is 2.65. The van der Waals surface area contributed by atoms with E-state index in [1.54, 1.807) is 23.1 Å². The Morgan fingerprint density at radius 2 is 1.92 bits per heavy atom. The number of hydrogen-bond donors (Lipinski definition) is 2. The number of pyridine rings is 1. The van der Waals surface area contributed by atoms with E-state index in [-0.39, 0.29) is 17.7 Å². The lowest BCUT2D eigenvalue weighted by atomic mass is 9.97. The summed E-state index contributed by atoms with van der Waals surface area (Å²) in [5.41, 5.74) is 0.469. The van der Waals surface area contributed by atoms with Crippen LogP contribution in [0.1, 0.15) is 12.8 Å². The van der Waals surface area contributed by atoms with Crippen molar-refractivity contribution < 1.29 is 23.8 Å². The largest absolute Gasteiger partial charge is 0.481 e. The standard InChI is InChI=1S/C18H18FN3O4/c19-14-3-1-2-4-15(14)26-16-6-5-13(11-20-16)21-18(25)22-9-7-12(8-10-22)17(23)24/h1-6,11-12H,7-10H2,(H,21,25)(H,23,24). The van der Waals surface area contributed by atoms with E-state index < -0.39 is 17.7 Å². The van der Waals surface area contributed by atoms with E-state index in [1.165, 1.54) is 24.4 Å². The Hall–Kier alpha value is -3.16. The molecule has 1 aliphatic rings. The van der Waals surface area contributed by atoms with Gasteiger partial charge in [0.2, 0.25) is 5.88 Å². The van der Waals surface area contributed by atoms with Crippen molar-refractivity contribution in [3.05, 3.63) is 48.4 Å². The minimum Gasteiger partial charge on any atom is -0.481 e. The van der Waals surface area contributed by atoms with Gasteiger partial charge >= 0.3 is 12.0 Å². The number of hydrogen-bond acceptors (Lipinski definition) is 4. The number of carbonyl (C=O) groups is 2. The number of nitrogens with zero attached hydrogens (tertiary/aromatic N) is 2. The van der Waals surface area contributed by atoms with Gasteiger partial charge in [0, 0.05) is 19.2 Å². The molecule has 0 atom stereocenters. The smallest absolute Gasteiger partial charge is 0.321 e. The van der Waals surface area contributed by atoms with Crippen LogP contribution < -0.4 is 10.1 Å². The highest BCUT2D eigenvalue weighted by Gasteiger charge is 2.26. The summed E-state index contributed by atoms with van der Waals surface area (Å²) in [6, 6.07) is 8.82. The number of urea groups is 1. The van der Waals surface area contributed by atoms with Gasteiger partial charge in [-0.1, -0.05) is 12.1 Å². The van der Waals surface area contributed by atoms with Crippen molar-refractivity contribution in [3.63, 3.8) is 0 Å². The Morgan fingerprint density at radius 3 is 2.54 bits per heavy atom. The highest BCUT2D eigenvalue weighted by molar-refractivity contribution is 5.89. The van der Waals surface area contributed by atoms with Gasteiger partial charge in [0.15, 0.2) is 11.6 Å². The molecule has 2 aromatic rings. The van der Waals surface area contributed by atoms with Crippen LogP contribution in [0.5, 0.6) is 11.6 Å². The monoisotopic (exact) mass is 359 g/mol. The maximum Gasteiger partial charge on any atom is 0.321 e. The number of amides is 2. The van der Waals surface area contributed by atoms with E-state index in [0.29, 0.717) is 31.6 Å². The molecule has 0 unspecified atom stereocenters. The quantitative estimate of drug-likeness (QED) is 0.873. The second-order valence-corrected chi connectivity index (χ2v) is 5.95. The molecule has 0 radical (unpaired) electrons. The van der Waals surface area contributed by atoms with Crippen LogP contribution in [0.25, 0.3) is 0 Å². The van der Waals surface area contributed by atoms with Gasteiger partial charge in [-0.25, -0.2) is 14.2 Å². The molecule has 1 aromatic heterocycles. The average molecular weight is 359 g/mol. The first-order chi connectivity index (χ1) is 12.5. The molecule has 3 rings (SSSR count). The first kappa shape index (κ1) is 17.7. The topological polar surface area (TPSA) is 91.8 Å². The highest BCUT2D eigenvalue weighted by Crippen LogP contribution is 2.23. The lowest BCUT2D eigenvalue weighted by Gasteiger charge is -2.30. The minimum absolute atomic E-state index is 0.0677. The van der Waals surface area contributed by atoms with E-state index >= 15 is 0 Å². The lowest BCUT2D eigenvalue weighted by Crippen LogP contribution is -2.42. The maximum absolute atomic E-state index is 13.6. The van der Waals surface area contributed by atoms with Crippen LogP contribution in [-0.4, -0.2) is 40.1 Å². The van der Waals surface area contributed by atoms with E-state index in [0.717, 1.165) is 0 Å². The Balaban J connectivity index is 1.55. The number of rotatable bonds is 4. The summed E-state index contributed by atoms with van der Waals surface area (Å²) in [7, 11) is 0. The van der Waals surface area contributed by atoms with Gasteiger partial charge in [-0.15, -0.1) is 0 Å². The van der Waals surface area contributed by atoms with Crippen LogP contribution in [0, 0.1) is 11.7 Å². The van der Waals surface area contributed by atoms with Crippen molar-refractivity contribution in [1.29, 1.82) is 0 Å². The third kappa shape index (κ3) is 4.27. The second kappa shape index (κ2) is 7.81. The van der Waals surface area contributed by atoms with Gasteiger partial charge in [0.25, 0.3) is 0 Å². The predicted octanol–water partition coefficient (Wildman–Crippen LogP) is 3.34. The van der Waals surface area contributed by atoms with Crippen LogP contribution in [0.3, 0.4) is 0 Å². The van der Waals surface area contributed by atoms with E-state index in [9.17, 15) is 14.0 Å². The van der Waals surface area contributed by atoms with Gasteiger partial charge in [-0.3, -0.25) is 4.79 Å². The number of ether oxygens (including phenoxy) is 1. The lowest BCUT2D eigenvalue weighted by molar-refractivity contribution is -0.143. The molecule has 0 bridgehead atoms. The zero-order valence-corrected chi connectivity index (χ0v) is 13.9. The number of aromatic nitrogens is 1. The van der Waals surface area contributed by atoms with Crippen molar-refractivity contribution in [2.75, 3.05) is 18.4 Å². The normalized spacial score (nSPS) is 14.7. The molecule has 2 heterocycles. The minimum atomic E-state index is -0.820. The SMILES string of the molecule is O=C(O)C1CCN(C(=O)Nc2ccc(Oc3ccccc3F)nc2)CC1. The molecule has 2 amide bonds. The van der Waals surface area contributed by atoms with Gasteiger partial charge < -0.3 is 20.1 Å². The molecular weight excluding hydrogens is 341 g/mol. The van der Waals surface area contributed by atoms with Crippen LogP contribution >= 0.6 is 0 Å². The number of likely N-dealkylation sites (tertiary alicyclic amines) is 1. The van der Waals surface area contributed by atoms with Crippen molar-refractivity contribution in [1.82, 2.24) is 9.88 Å². The summed E-state index contributed by atoms with van der Waals surface area (Å²) in [6.45, 7) is 0.787. The van der Waals surface area contributed by atoms with Gasteiger partial charge in [0.05, 0.1) is 17.8 Å². The highest BCUT2D eigenvalue weighted by atomic mass is 19.1. The number of para-hydroxylation sites is 1. The molecule has 1 aromatic carbocycles. The van der Waals surface area contributed by atoms with Gasteiger partial charge in [0.1, 0.15) is 0 Å². The molecule has 0 spiro atoms. The Kier molecular flexibility index (Phi) is 5.31. The number of carboxylic acid groups (broad SMARTS) is 1. The molecule has 26 heavy (non-hydrogen) atoms. The number of carbonyl (C=O) groups excluding carboxylic acids is 1. The fourth-order valence-corrected chi connectivity index (χ4v) is 2.69. The molecule has 7 nitrogen and oxygen atoms in total. The summed E-state index contributed by atoms with van der Waals surface area (Å²) in [5, 5.41) is 11.7. The Morgan fingerprint density at radius 1 is 1.19 bits per heavy atom. The van der Waals surface area contributed by atoms with Crippen molar-refractivity contribution >= 4 is 17.7 Å². The van der Waals surface area contributed by atoms with Gasteiger partial charge in [-0.2, -0.15) is 0 Å². The molecular formula is C18H18FN3O4. The zero-order valence-electron chi connectivity index (χ0n) is 13.9. The molecule has 1 aliphatic heterocycles. The number of benzene rings is 1. The molecule has 1 fully saturated rings. The summed E-state index contributed by atoms with van der Waals surface area (Å²) in [5.74, 6) is -1.43. The molecule has 1 saturated heterocycles. The van der Waals surface area contributed by atoms with Crippen molar-refractivity contribution in [2.45, 2.75) is 12.8 Å². The number of carboxylic acids is 1. The number of anilines is 1. The van der Waals surface area contributed by atoms with Gasteiger partial charge in [-0.05, 0) is 31.0 Å². The molecule has 8 heteroatoms. The Labute approximate surface area is 149 Å². The van der Waals surface area contributed by atoms with Crippen LogP contribution in [0.2, 0.25) is 0 Å². The fourth-order valence-electron chi connectivity index (χ4n) is 2.69. The Bertz CT molecular complexity index is 789. The summed E-state index contributed by atoms with van der Waals surface area (Å²) < 4.78 is 18.9. The van der Waals surface area contributed by atoms with E-state index in [1.807, 2.05) is 0 Å². The van der Waals surface area contributed by atoms with Crippen LogP contribution in [0.4, 0.5) is 14.9 Å². The summed E-state index contributed by atoms with van der Waals surface area (Å²) in [4.78, 5) is 28.8. The fraction of sp³-hybridized carbons (Fsp3) is 0.278. The third-order valence-electron chi connectivity index (χ3n) is 4.17. The first-order valence-electron chi connectivity index (χ1n) is 8.20. The summed E-state index contributed by atoms with van der Waals surface area (Å²) >= 11 is 0. The summed E-state index contributed by atoms with van der Waals surface area (Å²) in [6.07, 6.45) is 2.30. The number of aliphatic carboxylic acids is 1. The van der Waals surface area contributed by atoms with Crippen LogP contribution in [-0.2, 0) is 4.79 Å². The maximum atomic E-state index is 13.6. The zero-order chi connectivity index (χ0) is 18.5. The first-order valence-corrected chi connectivity index (χ1v) is 8.20. The van der Waals surface area contributed by atoms with Crippen LogP contribution in [0.15, 0.2) is 42.6 Å². The predicted molar refractivity (Wildman–Crippen MR) is 91.7 cm³/mol. The molecule has 136 valence electrons. The second-order valence-electron chi connectivity index (χ2n) is 5.95. The number of piperidine rings is 1. The van der Waals surface area contributed by atoms with E-state index in [4.69, 9.17) is 9.84 Å². The number of halogens is 1. The third-order valence-corrected chi connectivity index (χ3v) is 4.17.